The molecule has 0 aliphatic carbocycles. The molecule has 1 aromatic rings. The Labute approximate surface area is 107 Å². The quantitative estimate of drug-likeness (QED) is 0.779. The molecule has 0 fully saturated rings. The second-order valence-electron chi connectivity index (χ2n) is 4.16. The van der Waals surface area contributed by atoms with Crippen molar-refractivity contribution >= 4 is 0 Å². The lowest BCUT2D eigenvalue weighted by atomic mass is 10.1. The third-order valence-electron chi connectivity index (χ3n) is 2.97. The van der Waals surface area contributed by atoms with Crippen LogP contribution in [0.1, 0.15) is 12.5 Å². The van der Waals surface area contributed by atoms with Gasteiger partial charge in [0, 0.05) is 26.3 Å². The van der Waals surface area contributed by atoms with Gasteiger partial charge in [0.05, 0.1) is 6.04 Å². The van der Waals surface area contributed by atoms with Gasteiger partial charge in [-0.2, -0.15) is 0 Å². The summed E-state index contributed by atoms with van der Waals surface area (Å²) in [6.07, 6.45) is -0.265. The molecule has 5 nitrogen and oxygen atoms in total. The first kappa shape index (κ1) is 13.1. The van der Waals surface area contributed by atoms with Gasteiger partial charge in [0.2, 0.25) is 6.79 Å². The molecule has 18 heavy (non-hydrogen) atoms. The topological polar surface area (TPSA) is 49.0 Å². The molecule has 0 aromatic heterocycles. The molecular formula is C13H19NO4. The van der Waals surface area contributed by atoms with Gasteiger partial charge in [0.25, 0.3) is 0 Å². The zero-order valence-corrected chi connectivity index (χ0v) is 10.9. The first-order valence-electron chi connectivity index (χ1n) is 5.92. The van der Waals surface area contributed by atoms with E-state index in [-0.39, 0.29) is 12.3 Å². The molecule has 0 bridgehead atoms. The largest absolute Gasteiger partial charge is 0.454 e. The Bertz CT molecular complexity index is 393. The molecule has 0 saturated heterocycles. The van der Waals surface area contributed by atoms with E-state index in [9.17, 15) is 0 Å². The fourth-order valence-corrected chi connectivity index (χ4v) is 2.00. The van der Waals surface area contributed by atoms with E-state index >= 15 is 0 Å². The second kappa shape index (κ2) is 6.04. The Morgan fingerprint density at radius 2 is 2.06 bits per heavy atom. The first-order valence-corrected chi connectivity index (χ1v) is 5.92. The fraction of sp³-hybridized carbons (Fsp3) is 0.538. The molecule has 1 unspecified atom stereocenters. The van der Waals surface area contributed by atoms with Gasteiger partial charge in [-0.25, -0.2) is 0 Å². The third kappa shape index (κ3) is 2.75. The van der Waals surface area contributed by atoms with Crippen molar-refractivity contribution in [1.82, 2.24) is 5.32 Å². The number of para-hydroxylation sites is 1. The molecular weight excluding hydrogens is 234 g/mol. The molecule has 100 valence electrons. The zero-order chi connectivity index (χ0) is 13.0. The van der Waals surface area contributed by atoms with E-state index in [0.29, 0.717) is 13.3 Å². The number of methoxy groups -OCH3 is 2. The maximum absolute atomic E-state index is 5.45. The van der Waals surface area contributed by atoms with E-state index in [2.05, 4.69) is 5.32 Å². The Kier molecular flexibility index (Phi) is 4.41. The predicted octanol–water partition coefficient (Wildman–Crippen LogP) is 1.51. The lowest BCUT2D eigenvalue weighted by molar-refractivity contribution is -0.119. The average Bonchev–Trinajstić information content (AvgIpc) is 2.86. The highest BCUT2D eigenvalue weighted by Gasteiger charge is 2.19. The zero-order valence-electron chi connectivity index (χ0n) is 10.9. The predicted molar refractivity (Wildman–Crippen MR) is 66.7 cm³/mol. The first-order chi connectivity index (χ1) is 8.76. The van der Waals surface area contributed by atoms with Gasteiger partial charge in [-0.1, -0.05) is 12.1 Å². The molecule has 1 aliphatic heterocycles. The number of nitrogens with one attached hydrogen (secondary N) is 1. The van der Waals surface area contributed by atoms with Crippen molar-refractivity contribution in [2.24, 2.45) is 0 Å². The van der Waals surface area contributed by atoms with E-state index in [0.717, 1.165) is 17.1 Å². The minimum Gasteiger partial charge on any atom is -0.454 e. The van der Waals surface area contributed by atoms with Gasteiger partial charge < -0.3 is 24.3 Å². The molecule has 0 saturated carbocycles. The van der Waals surface area contributed by atoms with E-state index in [1.807, 2.05) is 25.1 Å². The van der Waals surface area contributed by atoms with Crippen LogP contribution in [0.4, 0.5) is 0 Å². The lowest BCUT2D eigenvalue weighted by Gasteiger charge is -2.22. The molecule has 0 spiro atoms. The number of fused-ring (bicyclic) bond motifs is 1. The Morgan fingerprint density at radius 1 is 1.28 bits per heavy atom. The van der Waals surface area contributed by atoms with Crippen LogP contribution in [0.2, 0.25) is 0 Å². The van der Waals surface area contributed by atoms with Gasteiger partial charge in [0.15, 0.2) is 17.8 Å². The summed E-state index contributed by atoms with van der Waals surface area (Å²) in [7, 11) is 3.26. The molecule has 1 aromatic carbocycles. The van der Waals surface area contributed by atoms with E-state index in [4.69, 9.17) is 18.9 Å². The number of hydrogen-bond acceptors (Lipinski definition) is 5. The Hall–Kier alpha value is -1.30. The van der Waals surface area contributed by atoms with Crippen molar-refractivity contribution < 1.29 is 18.9 Å². The SMILES string of the molecule is COC(OC)C(C)NCc1cccc2c1OCO2. The molecule has 5 heteroatoms. The van der Waals surface area contributed by atoms with Crippen molar-refractivity contribution in [3.05, 3.63) is 23.8 Å². The van der Waals surface area contributed by atoms with Crippen LogP contribution in [-0.4, -0.2) is 33.3 Å². The lowest BCUT2D eigenvalue weighted by Crippen LogP contribution is -2.39. The number of benzene rings is 1. The molecule has 0 radical (unpaired) electrons. The summed E-state index contributed by atoms with van der Waals surface area (Å²) in [6.45, 7) is 2.98. The highest BCUT2D eigenvalue weighted by atomic mass is 16.7. The molecule has 0 amide bonds. The summed E-state index contributed by atoms with van der Waals surface area (Å²) < 4.78 is 21.2. The van der Waals surface area contributed by atoms with Gasteiger partial charge in [0.1, 0.15) is 0 Å². The normalized spacial score (nSPS) is 15.1. The number of ether oxygens (including phenoxy) is 4. The molecule has 2 rings (SSSR count). The van der Waals surface area contributed by atoms with Gasteiger partial charge in [-0.15, -0.1) is 0 Å². The molecule has 1 aliphatic rings. The second-order valence-corrected chi connectivity index (χ2v) is 4.16. The van der Waals surface area contributed by atoms with Gasteiger partial charge in [-0.05, 0) is 13.0 Å². The van der Waals surface area contributed by atoms with Crippen LogP contribution in [0, 0.1) is 0 Å². The van der Waals surface area contributed by atoms with Crippen LogP contribution in [0.25, 0.3) is 0 Å². The minimum atomic E-state index is -0.265. The smallest absolute Gasteiger partial charge is 0.231 e. The van der Waals surface area contributed by atoms with Crippen LogP contribution in [0.5, 0.6) is 11.5 Å². The van der Waals surface area contributed by atoms with Crippen molar-refractivity contribution in [3.63, 3.8) is 0 Å². The van der Waals surface area contributed by atoms with Crippen LogP contribution in [0.3, 0.4) is 0 Å². The van der Waals surface area contributed by atoms with Crippen LogP contribution < -0.4 is 14.8 Å². The monoisotopic (exact) mass is 253 g/mol. The summed E-state index contributed by atoms with van der Waals surface area (Å²) in [5.41, 5.74) is 1.07. The van der Waals surface area contributed by atoms with Gasteiger partial charge in [-0.3, -0.25) is 0 Å². The third-order valence-corrected chi connectivity index (χ3v) is 2.97. The Morgan fingerprint density at radius 3 is 2.78 bits per heavy atom. The fourth-order valence-electron chi connectivity index (χ4n) is 2.00. The summed E-state index contributed by atoms with van der Waals surface area (Å²) in [5, 5.41) is 3.34. The average molecular weight is 253 g/mol. The summed E-state index contributed by atoms with van der Waals surface area (Å²) in [6, 6.07) is 5.96. The molecule has 1 N–H and O–H groups in total. The van der Waals surface area contributed by atoms with E-state index in [1.54, 1.807) is 14.2 Å². The summed E-state index contributed by atoms with van der Waals surface area (Å²) in [4.78, 5) is 0. The summed E-state index contributed by atoms with van der Waals surface area (Å²) >= 11 is 0. The van der Waals surface area contributed by atoms with Gasteiger partial charge >= 0.3 is 0 Å². The van der Waals surface area contributed by atoms with E-state index in [1.165, 1.54) is 0 Å². The van der Waals surface area contributed by atoms with Crippen LogP contribution in [-0.2, 0) is 16.0 Å². The molecule has 1 heterocycles. The highest BCUT2D eigenvalue weighted by molar-refractivity contribution is 5.48. The maximum atomic E-state index is 5.45. The van der Waals surface area contributed by atoms with Crippen molar-refractivity contribution in [3.8, 4) is 11.5 Å². The number of hydrogen-bond donors (Lipinski definition) is 1. The van der Waals surface area contributed by atoms with Crippen LogP contribution >= 0.6 is 0 Å². The van der Waals surface area contributed by atoms with Crippen molar-refractivity contribution in [2.45, 2.75) is 25.8 Å². The number of rotatable bonds is 6. The van der Waals surface area contributed by atoms with Crippen LogP contribution in [0.15, 0.2) is 18.2 Å². The maximum Gasteiger partial charge on any atom is 0.231 e. The van der Waals surface area contributed by atoms with Crippen molar-refractivity contribution in [1.29, 1.82) is 0 Å². The highest BCUT2D eigenvalue weighted by Crippen LogP contribution is 2.35. The summed E-state index contributed by atoms with van der Waals surface area (Å²) in [5.74, 6) is 1.63. The Balaban J connectivity index is 1.96. The van der Waals surface area contributed by atoms with E-state index < -0.39 is 0 Å². The van der Waals surface area contributed by atoms with Crippen molar-refractivity contribution in [2.75, 3.05) is 21.0 Å². The molecule has 1 atom stereocenters. The standard InChI is InChI=1S/C13H19NO4/c1-9(13(15-2)16-3)14-7-10-5-4-6-11-12(10)18-8-17-11/h4-6,9,13-14H,7-8H2,1-3H3. The minimum absolute atomic E-state index is 0.0816.